The Morgan fingerprint density at radius 2 is 1.64 bits per heavy atom. The number of nitrogens with zero attached hydrogens (tertiary/aromatic N) is 3. The first-order chi connectivity index (χ1) is 20.1. The van der Waals surface area contributed by atoms with E-state index in [9.17, 15) is 9.59 Å². The Morgan fingerprint density at radius 1 is 0.905 bits per heavy atom. The lowest BCUT2D eigenvalue weighted by atomic mass is 9.92. The van der Waals surface area contributed by atoms with E-state index in [1.807, 2.05) is 73.7 Å². The van der Waals surface area contributed by atoms with Crippen LogP contribution in [0.1, 0.15) is 37.7 Å². The molecular formula is C33H34N6O3. The van der Waals surface area contributed by atoms with Crippen LogP contribution in [0.4, 0.5) is 16.3 Å². The molecule has 0 aliphatic heterocycles. The van der Waals surface area contributed by atoms with E-state index >= 15 is 0 Å². The smallest absolute Gasteiger partial charge is 0.324 e. The van der Waals surface area contributed by atoms with Crippen molar-refractivity contribution in [3.8, 4) is 17.2 Å². The van der Waals surface area contributed by atoms with Crippen LogP contribution in [0.25, 0.3) is 16.5 Å². The molecule has 3 N–H and O–H groups in total. The van der Waals surface area contributed by atoms with Gasteiger partial charge in [-0.1, -0.05) is 62.7 Å². The molecule has 0 saturated heterocycles. The Kier molecular flexibility index (Phi) is 7.93. The predicted molar refractivity (Wildman–Crippen MR) is 166 cm³/mol. The number of likely N-dealkylation sites (N-methyl/N-ethyl adjacent to an activating group) is 1. The maximum atomic E-state index is 13.3. The monoisotopic (exact) mass is 562 g/mol. The summed E-state index contributed by atoms with van der Waals surface area (Å²) in [5.41, 5.74) is 3.88. The number of hydrogen-bond acceptors (Lipinski definition) is 5. The molecule has 2 aromatic heterocycles. The van der Waals surface area contributed by atoms with Crippen LogP contribution in [0.15, 0.2) is 85.1 Å². The van der Waals surface area contributed by atoms with Crippen LogP contribution in [0.5, 0.6) is 11.5 Å². The summed E-state index contributed by atoms with van der Waals surface area (Å²) in [4.78, 5) is 29.3. The van der Waals surface area contributed by atoms with Crippen molar-refractivity contribution in [1.29, 1.82) is 0 Å². The van der Waals surface area contributed by atoms with Gasteiger partial charge in [-0.15, -0.1) is 0 Å². The third kappa shape index (κ3) is 6.41. The fourth-order valence-electron chi connectivity index (χ4n) is 4.45. The summed E-state index contributed by atoms with van der Waals surface area (Å²) in [6.07, 6.45) is 1.77. The maximum Gasteiger partial charge on any atom is 0.324 e. The van der Waals surface area contributed by atoms with Gasteiger partial charge in [0.1, 0.15) is 17.3 Å². The molecule has 5 rings (SSSR count). The Bertz CT molecular complexity index is 1750. The van der Waals surface area contributed by atoms with E-state index in [0.717, 1.165) is 27.7 Å². The molecule has 3 amide bonds. The van der Waals surface area contributed by atoms with Gasteiger partial charge in [-0.3, -0.25) is 15.1 Å². The maximum absolute atomic E-state index is 13.3. The summed E-state index contributed by atoms with van der Waals surface area (Å²) in [5.74, 6) is 1.61. The van der Waals surface area contributed by atoms with Gasteiger partial charge in [-0.05, 0) is 37.3 Å². The molecule has 0 spiro atoms. The first-order valence-corrected chi connectivity index (χ1v) is 13.7. The van der Waals surface area contributed by atoms with Crippen molar-refractivity contribution in [2.24, 2.45) is 0 Å². The number of nitrogens with one attached hydrogen (secondary N) is 3. The standard InChI is InChI=1S/C33H34N6O3/c1-21-10-12-23(13-11-21)39-30(20-29(38-39)33(2,3)4)37-32(41)36-27-14-15-28(26-9-7-6-8-25(26)27)42-24-16-17-35-22(18-24)19-31(40)34-5/h6-18,20H,19H2,1-5H3,(H,34,40)(H2,36,37,41). The van der Waals surface area contributed by atoms with Crippen LogP contribution in [0.2, 0.25) is 0 Å². The summed E-state index contributed by atoms with van der Waals surface area (Å²) in [6, 6.07) is 24.3. The SMILES string of the molecule is CNC(=O)Cc1cc(Oc2ccc(NC(=O)Nc3cc(C(C)(C)C)nn3-c3ccc(C)cc3)c3ccccc23)ccn1. The molecule has 42 heavy (non-hydrogen) atoms. The fraction of sp³-hybridized carbons (Fsp3) is 0.212. The number of aromatic nitrogens is 3. The number of pyridine rings is 1. The quantitative estimate of drug-likeness (QED) is 0.203. The number of aryl methyl sites for hydroxylation is 1. The topological polar surface area (TPSA) is 110 Å². The molecule has 9 heteroatoms. The largest absolute Gasteiger partial charge is 0.457 e. The summed E-state index contributed by atoms with van der Waals surface area (Å²) in [6.45, 7) is 8.29. The molecule has 0 aliphatic rings. The number of hydrogen-bond donors (Lipinski definition) is 3. The highest BCUT2D eigenvalue weighted by atomic mass is 16.5. The number of fused-ring (bicyclic) bond motifs is 1. The van der Waals surface area contributed by atoms with E-state index in [4.69, 9.17) is 9.84 Å². The molecular weight excluding hydrogens is 528 g/mol. The molecule has 3 aromatic carbocycles. The van der Waals surface area contributed by atoms with Crippen LogP contribution in [0, 0.1) is 6.92 Å². The normalized spacial score (nSPS) is 11.3. The third-order valence-electron chi connectivity index (χ3n) is 6.77. The second kappa shape index (κ2) is 11.7. The van der Waals surface area contributed by atoms with E-state index in [1.165, 1.54) is 0 Å². The van der Waals surface area contributed by atoms with Gasteiger partial charge in [0.05, 0.1) is 29.2 Å². The Balaban J connectivity index is 1.40. The zero-order valence-corrected chi connectivity index (χ0v) is 24.4. The number of urea groups is 1. The fourth-order valence-corrected chi connectivity index (χ4v) is 4.45. The van der Waals surface area contributed by atoms with E-state index in [0.29, 0.717) is 28.7 Å². The van der Waals surface area contributed by atoms with Crippen molar-refractivity contribution in [1.82, 2.24) is 20.1 Å². The van der Waals surface area contributed by atoms with Gasteiger partial charge in [0, 0.05) is 41.6 Å². The van der Waals surface area contributed by atoms with Crippen molar-refractivity contribution in [3.05, 3.63) is 102 Å². The molecule has 2 heterocycles. The molecule has 0 atom stereocenters. The second-order valence-electron chi connectivity index (χ2n) is 11.1. The van der Waals surface area contributed by atoms with Crippen molar-refractivity contribution >= 4 is 34.2 Å². The van der Waals surface area contributed by atoms with Crippen molar-refractivity contribution in [2.45, 2.75) is 39.5 Å². The van der Waals surface area contributed by atoms with E-state index < -0.39 is 6.03 Å². The second-order valence-corrected chi connectivity index (χ2v) is 11.1. The van der Waals surface area contributed by atoms with Gasteiger partial charge >= 0.3 is 6.03 Å². The predicted octanol–water partition coefficient (Wildman–Crippen LogP) is 6.75. The average molecular weight is 563 g/mol. The molecule has 0 radical (unpaired) electrons. The van der Waals surface area contributed by atoms with Crippen LogP contribution in [-0.4, -0.2) is 33.8 Å². The average Bonchev–Trinajstić information content (AvgIpc) is 3.39. The molecule has 214 valence electrons. The first-order valence-electron chi connectivity index (χ1n) is 13.7. The van der Waals surface area contributed by atoms with Gasteiger partial charge in [0.15, 0.2) is 0 Å². The number of rotatable bonds is 7. The van der Waals surface area contributed by atoms with E-state index in [2.05, 4.69) is 41.7 Å². The lowest BCUT2D eigenvalue weighted by Crippen LogP contribution is -2.21. The summed E-state index contributed by atoms with van der Waals surface area (Å²) < 4.78 is 7.95. The van der Waals surface area contributed by atoms with Gasteiger partial charge in [0.25, 0.3) is 0 Å². The first kappa shape index (κ1) is 28.4. The molecule has 0 aliphatic carbocycles. The van der Waals surface area contributed by atoms with Crippen molar-refractivity contribution < 1.29 is 14.3 Å². The van der Waals surface area contributed by atoms with Crippen LogP contribution >= 0.6 is 0 Å². The van der Waals surface area contributed by atoms with Crippen LogP contribution in [-0.2, 0) is 16.6 Å². The van der Waals surface area contributed by atoms with Crippen LogP contribution < -0.4 is 20.7 Å². The highest BCUT2D eigenvalue weighted by molar-refractivity contribution is 6.07. The number of carbonyl (C=O) groups excluding carboxylic acids is 2. The van der Waals surface area contributed by atoms with Gasteiger partial charge < -0.3 is 15.4 Å². The molecule has 0 bridgehead atoms. The lowest BCUT2D eigenvalue weighted by molar-refractivity contribution is -0.120. The van der Waals surface area contributed by atoms with Crippen molar-refractivity contribution in [2.75, 3.05) is 17.7 Å². The minimum Gasteiger partial charge on any atom is -0.457 e. The van der Waals surface area contributed by atoms with Gasteiger partial charge in [-0.2, -0.15) is 5.10 Å². The number of carbonyl (C=O) groups is 2. The van der Waals surface area contributed by atoms with Crippen LogP contribution in [0.3, 0.4) is 0 Å². The summed E-state index contributed by atoms with van der Waals surface area (Å²) in [7, 11) is 1.59. The minimum absolute atomic E-state index is 0.129. The molecule has 9 nitrogen and oxygen atoms in total. The Hall–Kier alpha value is -5.18. The van der Waals surface area contributed by atoms with E-state index in [1.54, 1.807) is 30.1 Å². The number of ether oxygens (including phenoxy) is 1. The Labute approximate surface area is 244 Å². The zero-order chi connectivity index (χ0) is 29.9. The zero-order valence-electron chi connectivity index (χ0n) is 24.4. The molecule has 0 fully saturated rings. The van der Waals surface area contributed by atoms with E-state index in [-0.39, 0.29) is 17.7 Å². The van der Waals surface area contributed by atoms with Gasteiger partial charge in [-0.25, -0.2) is 9.48 Å². The van der Waals surface area contributed by atoms with Gasteiger partial charge in [0.2, 0.25) is 5.91 Å². The highest BCUT2D eigenvalue weighted by Crippen LogP contribution is 2.35. The number of benzene rings is 3. The third-order valence-corrected chi connectivity index (χ3v) is 6.77. The molecule has 0 unspecified atom stereocenters. The highest BCUT2D eigenvalue weighted by Gasteiger charge is 2.22. The number of amides is 3. The summed E-state index contributed by atoms with van der Waals surface area (Å²) >= 11 is 0. The molecule has 5 aromatic rings. The number of anilines is 2. The Morgan fingerprint density at radius 3 is 2.36 bits per heavy atom. The lowest BCUT2D eigenvalue weighted by Gasteiger charge is -2.14. The van der Waals surface area contributed by atoms with Crippen molar-refractivity contribution in [3.63, 3.8) is 0 Å². The molecule has 0 saturated carbocycles. The summed E-state index contributed by atoms with van der Waals surface area (Å²) in [5, 5.41) is 15.0. The minimum atomic E-state index is -0.393.